The van der Waals surface area contributed by atoms with Crippen molar-refractivity contribution in [2.45, 2.75) is 0 Å². The maximum atomic E-state index is 13.3. The Morgan fingerprint density at radius 3 is 2.93 bits per heavy atom. The molecule has 0 bridgehead atoms. The molecule has 0 aliphatic carbocycles. The van der Waals surface area contributed by atoms with Crippen LogP contribution in [-0.2, 0) is 0 Å². The van der Waals surface area contributed by atoms with E-state index in [-0.39, 0.29) is 0 Å². The summed E-state index contributed by atoms with van der Waals surface area (Å²) in [6, 6.07) is 2.32. The maximum Gasteiger partial charge on any atom is 0.272 e. The monoisotopic (exact) mass is 201 g/mol. The van der Waals surface area contributed by atoms with E-state index in [0.717, 1.165) is 12.1 Å². The van der Waals surface area contributed by atoms with Gasteiger partial charge in [0.1, 0.15) is 5.82 Å². The highest BCUT2D eigenvalue weighted by atomic mass is 19.1. The molecule has 0 atom stereocenters. The number of carbonyl (C=O) groups excluding carboxylic acids is 1. The third kappa shape index (κ3) is 1.85. The number of hydrogen-bond donors (Lipinski definition) is 1. The molecule has 6 heteroatoms. The summed E-state index contributed by atoms with van der Waals surface area (Å²) >= 11 is 0. The van der Waals surface area contributed by atoms with E-state index in [1.165, 1.54) is 0 Å². The smallest absolute Gasteiger partial charge is 0.272 e. The third-order valence-electron chi connectivity index (χ3n) is 1.52. The predicted octanol–water partition coefficient (Wildman–Crippen LogP) is 1.09. The van der Waals surface area contributed by atoms with Gasteiger partial charge >= 0.3 is 0 Å². The van der Waals surface area contributed by atoms with Gasteiger partial charge in [0.15, 0.2) is 0 Å². The Hall–Kier alpha value is -1.98. The van der Waals surface area contributed by atoms with Crippen LogP contribution in [0.2, 0.25) is 0 Å². The van der Waals surface area contributed by atoms with Crippen LogP contribution in [0.4, 0.5) is 10.1 Å². The van der Waals surface area contributed by atoms with E-state index in [1.54, 1.807) is 5.32 Å². The molecule has 5 nitrogen and oxygen atoms in total. The van der Waals surface area contributed by atoms with E-state index in [9.17, 15) is 19.3 Å². The minimum absolute atomic E-state index is 0.520. The normalized spacial score (nSPS) is 13.6. The van der Waals surface area contributed by atoms with Crippen molar-refractivity contribution in [3.05, 3.63) is 39.7 Å². The molecule has 0 saturated heterocycles. The zero-order chi connectivity index (χ0) is 13.2. The second-order valence-corrected chi connectivity index (χ2v) is 2.38. The first-order valence-electron chi connectivity index (χ1n) is 4.97. The van der Waals surface area contributed by atoms with Crippen LogP contribution in [0.25, 0.3) is 0 Å². The molecule has 0 unspecified atom stereocenters. The second-order valence-electron chi connectivity index (χ2n) is 2.38. The Balaban J connectivity index is 3.00. The van der Waals surface area contributed by atoms with Gasteiger partial charge in [-0.15, -0.1) is 0 Å². The lowest BCUT2D eigenvalue weighted by Gasteiger charge is -2.00. The number of nitro groups is 1. The van der Waals surface area contributed by atoms with E-state index >= 15 is 0 Å². The molecular formula is C8H7FN2O3. The zero-order valence-electron chi connectivity index (χ0n) is 9.78. The van der Waals surface area contributed by atoms with Crippen LogP contribution in [-0.4, -0.2) is 17.8 Å². The fourth-order valence-electron chi connectivity index (χ4n) is 0.869. The molecule has 0 aliphatic rings. The minimum Gasteiger partial charge on any atom is -0.355 e. The second kappa shape index (κ2) is 3.82. The number of nitrogens with zero attached hydrogens (tertiary/aromatic N) is 1. The number of nitrogens with one attached hydrogen (secondary N) is 1. The van der Waals surface area contributed by atoms with Crippen LogP contribution in [0.1, 0.15) is 14.5 Å². The van der Waals surface area contributed by atoms with Crippen LogP contribution in [0, 0.1) is 15.9 Å². The maximum absolute atomic E-state index is 13.3. The summed E-state index contributed by atoms with van der Waals surface area (Å²) in [7, 11) is 0. The summed E-state index contributed by atoms with van der Waals surface area (Å²) in [4.78, 5) is 20.8. The van der Waals surface area contributed by atoms with Crippen LogP contribution in [0.5, 0.6) is 0 Å². The summed E-state index contributed by atoms with van der Waals surface area (Å²) in [6.45, 7) is -2.74. The van der Waals surface area contributed by atoms with Crippen molar-refractivity contribution in [1.29, 1.82) is 0 Å². The number of benzene rings is 1. The summed E-state index contributed by atoms with van der Waals surface area (Å²) in [5.41, 5.74) is -1.08. The molecule has 0 heterocycles. The van der Waals surface area contributed by atoms with Crippen LogP contribution >= 0.6 is 0 Å². The Bertz CT molecular complexity index is 476. The van der Waals surface area contributed by atoms with Crippen molar-refractivity contribution in [2.75, 3.05) is 6.98 Å². The molecule has 14 heavy (non-hydrogen) atoms. The lowest BCUT2D eigenvalue weighted by Crippen LogP contribution is -2.19. The molecule has 1 N–H and O–H groups in total. The molecule has 0 aliphatic heterocycles. The van der Waals surface area contributed by atoms with Crippen molar-refractivity contribution < 1.29 is 18.2 Å². The van der Waals surface area contributed by atoms with Crippen LogP contribution in [0.15, 0.2) is 18.2 Å². The molecule has 0 radical (unpaired) electrons. The lowest BCUT2D eigenvalue weighted by molar-refractivity contribution is -0.385. The highest BCUT2D eigenvalue weighted by molar-refractivity contribution is 5.94. The molecule has 1 rings (SSSR count). The van der Waals surface area contributed by atoms with Gasteiger partial charge in [-0.1, -0.05) is 0 Å². The SMILES string of the molecule is [2H]C([2H])([2H])NC(=O)c1ccc([N+](=O)[O-])cc1F. The van der Waals surface area contributed by atoms with E-state index in [4.69, 9.17) is 4.11 Å². The van der Waals surface area contributed by atoms with Gasteiger partial charge in [-0.05, 0) is 6.07 Å². The highest BCUT2D eigenvalue weighted by Gasteiger charge is 2.14. The number of nitro benzene ring substituents is 1. The summed E-state index contributed by atoms with van der Waals surface area (Å²) in [5.74, 6) is -2.31. The van der Waals surface area contributed by atoms with E-state index in [2.05, 4.69) is 0 Å². The molecule has 1 amide bonds. The summed E-state index contributed by atoms with van der Waals surface area (Å²) < 4.78 is 33.6. The van der Waals surface area contributed by atoms with Crippen molar-refractivity contribution in [2.24, 2.45) is 0 Å². The molecule has 1 aromatic rings. The van der Waals surface area contributed by atoms with Gasteiger partial charge in [0.2, 0.25) is 0 Å². The molecule has 0 fully saturated rings. The van der Waals surface area contributed by atoms with Gasteiger partial charge in [-0.2, -0.15) is 0 Å². The number of carbonyl (C=O) groups is 1. The van der Waals surface area contributed by atoms with Gasteiger partial charge in [0.05, 0.1) is 16.6 Å². The molecule has 0 saturated carbocycles. The van der Waals surface area contributed by atoms with Gasteiger partial charge in [0.25, 0.3) is 11.6 Å². The first-order chi connectivity index (χ1) is 7.70. The largest absolute Gasteiger partial charge is 0.355 e. The number of hydrogen-bond acceptors (Lipinski definition) is 3. The fourth-order valence-corrected chi connectivity index (χ4v) is 0.869. The topological polar surface area (TPSA) is 72.2 Å². The number of rotatable bonds is 2. The molecule has 74 valence electrons. The first kappa shape index (κ1) is 6.47. The Kier molecular flexibility index (Phi) is 1.77. The Morgan fingerprint density at radius 1 is 1.71 bits per heavy atom. The highest BCUT2D eigenvalue weighted by Crippen LogP contribution is 2.16. The van der Waals surface area contributed by atoms with Crippen molar-refractivity contribution in [1.82, 2.24) is 5.32 Å². The van der Waals surface area contributed by atoms with E-state index < -0.39 is 34.9 Å². The molecule has 0 spiro atoms. The number of halogens is 1. The third-order valence-corrected chi connectivity index (χ3v) is 1.52. The van der Waals surface area contributed by atoms with Crippen molar-refractivity contribution >= 4 is 11.6 Å². The lowest BCUT2D eigenvalue weighted by atomic mass is 10.2. The molecule has 0 aromatic heterocycles. The van der Waals surface area contributed by atoms with Crippen LogP contribution in [0.3, 0.4) is 0 Å². The van der Waals surface area contributed by atoms with Gasteiger partial charge in [0, 0.05) is 17.2 Å². The van der Waals surface area contributed by atoms with Crippen molar-refractivity contribution in [3.8, 4) is 0 Å². The van der Waals surface area contributed by atoms with Crippen LogP contribution < -0.4 is 5.32 Å². The van der Waals surface area contributed by atoms with Gasteiger partial charge < -0.3 is 5.32 Å². The average molecular weight is 201 g/mol. The standard InChI is InChI=1S/C8H7FN2O3/c1-10-8(12)6-3-2-5(11(13)14)4-7(6)9/h2-4H,1H3,(H,10,12)/i1D3. The van der Waals surface area contributed by atoms with Crippen molar-refractivity contribution in [3.63, 3.8) is 0 Å². The minimum atomic E-state index is -2.74. The van der Waals surface area contributed by atoms with E-state index in [0.29, 0.717) is 6.07 Å². The Labute approximate surface area is 82.9 Å². The quantitative estimate of drug-likeness (QED) is 0.575. The van der Waals surface area contributed by atoms with Gasteiger partial charge in [-0.25, -0.2) is 4.39 Å². The number of amides is 1. The van der Waals surface area contributed by atoms with Gasteiger partial charge in [-0.3, -0.25) is 14.9 Å². The predicted molar refractivity (Wildman–Crippen MR) is 46.4 cm³/mol. The fraction of sp³-hybridized carbons (Fsp3) is 0.125. The van der Waals surface area contributed by atoms with E-state index in [1.807, 2.05) is 0 Å². The Morgan fingerprint density at radius 2 is 2.43 bits per heavy atom. The number of non-ortho nitro benzene ring substituents is 1. The molecular weight excluding hydrogens is 191 g/mol. The summed E-state index contributed by atoms with van der Waals surface area (Å²) in [6.07, 6.45) is 0. The zero-order valence-corrected chi connectivity index (χ0v) is 6.78. The molecule has 1 aromatic carbocycles. The average Bonchev–Trinajstić information content (AvgIpc) is 2.14. The summed E-state index contributed by atoms with van der Waals surface area (Å²) in [5, 5.41) is 11.9. The first-order valence-corrected chi connectivity index (χ1v) is 3.47.